The fourth-order valence-corrected chi connectivity index (χ4v) is 6.08. The SMILES string of the molecule is CC#CC(=O)N(c1ccc2c(n1)c(OC1CCC(C(=O)O)CC1)nn2C)c1cc(C)c(I)cc1N1CC[C@H](C)C1. The molecule has 1 aliphatic heterocycles. The van der Waals surface area contributed by atoms with Crippen molar-refractivity contribution in [1.82, 2.24) is 14.8 Å². The number of carboxylic acid groups (broad SMARTS) is 1. The summed E-state index contributed by atoms with van der Waals surface area (Å²) in [6.45, 7) is 7.79. The minimum Gasteiger partial charge on any atom is -0.481 e. The second-order valence-electron chi connectivity index (χ2n) is 10.8. The lowest BCUT2D eigenvalue weighted by molar-refractivity contribution is -0.143. The first-order valence-electron chi connectivity index (χ1n) is 13.7. The molecule has 3 heterocycles. The van der Waals surface area contributed by atoms with Crippen LogP contribution in [0.2, 0.25) is 0 Å². The Labute approximate surface area is 248 Å². The summed E-state index contributed by atoms with van der Waals surface area (Å²) in [6.07, 6.45) is 3.40. The minimum atomic E-state index is -0.749. The van der Waals surface area contributed by atoms with Crippen LogP contribution in [0, 0.1) is 34.2 Å². The van der Waals surface area contributed by atoms with Crippen LogP contribution in [-0.2, 0) is 16.6 Å². The van der Waals surface area contributed by atoms with Crippen LogP contribution in [0.1, 0.15) is 51.5 Å². The molecule has 0 unspecified atom stereocenters. The van der Waals surface area contributed by atoms with Gasteiger partial charge in [0.15, 0.2) is 5.52 Å². The zero-order valence-corrected chi connectivity index (χ0v) is 25.4. The van der Waals surface area contributed by atoms with Gasteiger partial charge in [0.05, 0.1) is 22.8 Å². The lowest BCUT2D eigenvalue weighted by Crippen LogP contribution is -2.29. The van der Waals surface area contributed by atoms with Crippen LogP contribution in [0.4, 0.5) is 17.2 Å². The van der Waals surface area contributed by atoms with Crippen molar-refractivity contribution in [3.05, 3.63) is 33.4 Å². The monoisotopic (exact) mass is 655 g/mol. The van der Waals surface area contributed by atoms with Gasteiger partial charge in [0.2, 0.25) is 0 Å². The van der Waals surface area contributed by atoms with Gasteiger partial charge < -0.3 is 14.7 Å². The Kier molecular flexibility index (Phi) is 8.21. The molecule has 5 rings (SSSR count). The normalized spacial score (nSPS) is 20.7. The Morgan fingerprint density at radius 1 is 1.18 bits per heavy atom. The van der Waals surface area contributed by atoms with E-state index in [1.807, 2.05) is 32.2 Å². The highest BCUT2D eigenvalue weighted by Gasteiger charge is 2.30. The molecule has 1 amide bonds. The number of hydrogen-bond donors (Lipinski definition) is 1. The van der Waals surface area contributed by atoms with E-state index in [4.69, 9.17) is 9.72 Å². The fraction of sp³-hybridized carbons (Fsp3) is 0.467. The Morgan fingerprint density at radius 2 is 1.93 bits per heavy atom. The number of aliphatic carboxylic acids is 1. The summed E-state index contributed by atoms with van der Waals surface area (Å²) in [5.41, 5.74) is 4.15. The van der Waals surface area contributed by atoms with E-state index in [2.05, 4.69) is 57.4 Å². The molecular formula is C30H34IN5O4. The molecule has 1 aromatic carbocycles. The van der Waals surface area contributed by atoms with Crippen LogP contribution in [-0.4, -0.2) is 50.9 Å². The van der Waals surface area contributed by atoms with Crippen molar-refractivity contribution in [3.63, 3.8) is 0 Å². The van der Waals surface area contributed by atoms with Crippen LogP contribution in [0.25, 0.3) is 11.0 Å². The standard InChI is InChI=1S/C30H34IN5O4/c1-5-6-27(37)36(25-15-19(3)22(31)16-24(25)35-14-13-18(2)17-35)26-12-11-23-28(32-26)29(33-34(23)4)40-21-9-7-20(8-10-21)30(38)39/h11-12,15-16,18,20-21H,7-10,13-14,17H2,1-4H3,(H,38,39)/t18-,20?,21?/m0/s1. The topological polar surface area (TPSA) is 101 Å². The Hall–Kier alpha value is -3.33. The number of carboxylic acids is 1. The van der Waals surface area contributed by atoms with Crippen molar-refractivity contribution in [3.8, 4) is 17.7 Å². The molecule has 0 bridgehead atoms. The summed E-state index contributed by atoms with van der Waals surface area (Å²) in [5, 5.41) is 13.9. The van der Waals surface area contributed by atoms with Crippen molar-refractivity contribution in [2.45, 2.75) is 59.0 Å². The number of halogens is 1. The van der Waals surface area contributed by atoms with Gasteiger partial charge in [-0.2, -0.15) is 0 Å². The fourth-order valence-electron chi connectivity index (χ4n) is 5.63. The predicted molar refractivity (Wildman–Crippen MR) is 163 cm³/mol. The number of carbonyl (C=O) groups excluding carboxylic acids is 1. The molecule has 10 heteroatoms. The number of pyridine rings is 1. The van der Waals surface area contributed by atoms with Crippen molar-refractivity contribution in [2.75, 3.05) is 22.9 Å². The first kappa shape index (κ1) is 28.2. The molecular weight excluding hydrogens is 621 g/mol. The first-order chi connectivity index (χ1) is 19.2. The van der Waals surface area contributed by atoms with E-state index in [0.29, 0.717) is 48.8 Å². The molecule has 210 valence electrons. The molecule has 0 spiro atoms. The molecule has 2 aliphatic rings. The number of benzene rings is 1. The molecule has 2 fully saturated rings. The van der Waals surface area contributed by atoms with Gasteiger partial charge in [-0.3, -0.25) is 19.2 Å². The number of ether oxygens (including phenoxy) is 1. The van der Waals surface area contributed by atoms with Crippen LogP contribution in [0.3, 0.4) is 0 Å². The van der Waals surface area contributed by atoms with Crippen LogP contribution in [0.5, 0.6) is 5.88 Å². The molecule has 40 heavy (non-hydrogen) atoms. The number of fused-ring (bicyclic) bond motifs is 1. The van der Waals surface area contributed by atoms with Gasteiger partial charge in [0.1, 0.15) is 11.9 Å². The Bertz CT molecular complexity index is 1520. The maximum atomic E-state index is 13.6. The summed E-state index contributed by atoms with van der Waals surface area (Å²) in [5.74, 6) is 5.46. The third-order valence-electron chi connectivity index (χ3n) is 7.88. The van der Waals surface area contributed by atoms with E-state index in [-0.39, 0.29) is 17.9 Å². The smallest absolute Gasteiger partial charge is 0.308 e. The van der Waals surface area contributed by atoms with Crippen molar-refractivity contribution < 1.29 is 19.4 Å². The number of rotatable bonds is 6. The third-order valence-corrected chi connectivity index (χ3v) is 9.04. The number of aryl methyl sites for hydroxylation is 2. The quantitative estimate of drug-likeness (QED) is 0.279. The third kappa shape index (κ3) is 5.61. The van der Waals surface area contributed by atoms with Gasteiger partial charge in [0.25, 0.3) is 5.88 Å². The molecule has 2 aromatic heterocycles. The highest BCUT2D eigenvalue weighted by molar-refractivity contribution is 14.1. The second-order valence-corrected chi connectivity index (χ2v) is 12.0. The van der Waals surface area contributed by atoms with Crippen molar-refractivity contribution >= 4 is 62.7 Å². The molecule has 1 saturated carbocycles. The van der Waals surface area contributed by atoms with Gasteiger partial charge >= 0.3 is 11.9 Å². The number of amides is 1. The van der Waals surface area contributed by atoms with E-state index < -0.39 is 5.97 Å². The number of aromatic nitrogens is 3. The predicted octanol–water partition coefficient (Wildman–Crippen LogP) is 5.44. The van der Waals surface area contributed by atoms with E-state index in [1.54, 1.807) is 16.5 Å². The highest BCUT2D eigenvalue weighted by atomic mass is 127. The van der Waals surface area contributed by atoms with Gasteiger partial charge in [-0.05, 0) is 110 Å². The second kappa shape index (κ2) is 11.6. The highest BCUT2D eigenvalue weighted by Crippen LogP contribution is 2.40. The number of anilines is 3. The molecule has 1 aliphatic carbocycles. The molecule has 3 aromatic rings. The van der Waals surface area contributed by atoms with Crippen LogP contribution < -0.4 is 14.5 Å². The maximum absolute atomic E-state index is 13.6. The first-order valence-corrected chi connectivity index (χ1v) is 14.8. The molecule has 9 nitrogen and oxygen atoms in total. The summed E-state index contributed by atoms with van der Waals surface area (Å²) in [4.78, 5) is 33.8. The molecule has 1 saturated heterocycles. The number of nitrogens with zero attached hydrogens (tertiary/aromatic N) is 5. The summed E-state index contributed by atoms with van der Waals surface area (Å²) >= 11 is 2.35. The summed E-state index contributed by atoms with van der Waals surface area (Å²) < 4.78 is 9.14. The number of hydrogen-bond acceptors (Lipinski definition) is 6. The minimum absolute atomic E-state index is 0.134. The van der Waals surface area contributed by atoms with E-state index in [0.717, 1.165) is 45.5 Å². The van der Waals surface area contributed by atoms with Gasteiger partial charge in [-0.1, -0.05) is 12.8 Å². The average molecular weight is 656 g/mol. The van der Waals surface area contributed by atoms with Gasteiger partial charge in [-0.15, -0.1) is 5.10 Å². The van der Waals surface area contributed by atoms with Crippen molar-refractivity contribution in [2.24, 2.45) is 18.9 Å². The van der Waals surface area contributed by atoms with Gasteiger partial charge in [0, 0.05) is 23.7 Å². The zero-order chi connectivity index (χ0) is 28.6. The van der Waals surface area contributed by atoms with Crippen LogP contribution in [0.15, 0.2) is 24.3 Å². The Morgan fingerprint density at radius 3 is 2.58 bits per heavy atom. The van der Waals surface area contributed by atoms with Crippen LogP contribution >= 0.6 is 22.6 Å². The average Bonchev–Trinajstić information content (AvgIpc) is 3.49. The summed E-state index contributed by atoms with van der Waals surface area (Å²) in [6, 6.07) is 7.91. The Balaban J connectivity index is 1.56. The van der Waals surface area contributed by atoms with Gasteiger partial charge in [-0.25, -0.2) is 4.98 Å². The molecule has 0 radical (unpaired) electrons. The maximum Gasteiger partial charge on any atom is 0.308 e. The van der Waals surface area contributed by atoms with E-state index in [1.165, 1.54) is 0 Å². The number of carbonyl (C=O) groups is 2. The zero-order valence-electron chi connectivity index (χ0n) is 23.3. The van der Waals surface area contributed by atoms with Crippen molar-refractivity contribution in [1.29, 1.82) is 0 Å². The largest absolute Gasteiger partial charge is 0.481 e. The summed E-state index contributed by atoms with van der Waals surface area (Å²) in [7, 11) is 1.83. The van der Waals surface area contributed by atoms with E-state index >= 15 is 0 Å². The molecule has 1 atom stereocenters. The van der Waals surface area contributed by atoms with E-state index in [9.17, 15) is 14.7 Å². The lowest BCUT2D eigenvalue weighted by Gasteiger charge is -2.28. The molecule has 1 N–H and O–H groups in total. The lowest BCUT2D eigenvalue weighted by atomic mass is 9.87.